The first-order chi connectivity index (χ1) is 11.6. The van der Waals surface area contributed by atoms with Crippen LogP contribution in [0, 0.1) is 0 Å². The van der Waals surface area contributed by atoms with Crippen molar-refractivity contribution < 1.29 is 4.74 Å². The molecule has 1 saturated heterocycles. The highest BCUT2D eigenvalue weighted by molar-refractivity contribution is 6.35. The zero-order chi connectivity index (χ0) is 16.7. The summed E-state index contributed by atoms with van der Waals surface area (Å²) >= 11 is 18.8. The molecule has 0 bridgehead atoms. The number of ether oxygens (including phenoxy) is 1. The fraction of sp³-hybridized carbons (Fsp3) is 0.176. The van der Waals surface area contributed by atoms with Gasteiger partial charge >= 0.3 is 0 Å². The zero-order valence-electron chi connectivity index (χ0n) is 12.4. The average molecular weight is 381 g/mol. The summed E-state index contributed by atoms with van der Waals surface area (Å²) in [6, 6.07) is 13.0. The number of rotatable bonds is 4. The number of benzene rings is 2. The molecular formula is C17H12Cl3N3O. The van der Waals surface area contributed by atoms with Crippen molar-refractivity contribution in [3.05, 3.63) is 81.3 Å². The van der Waals surface area contributed by atoms with Crippen molar-refractivity contribution in [2.75, 3.05) is 0 Å². The normalized spacial score (nSPS) is 22.5. The largest absolute Gasteiger partial charge is 0.354 e. The van der Waals surface area contributed by atoms with Gasteiger partial charge in [-0.2, -0.15) is 5.10 Å². The van der Waals surface area contributed by atoms with Crippen molar-refractivity contribution in [1.29, 1.82) is 0 Å². The molecule has 3 aromatic rings. The summed E-state index contributed by atoms with van der Waals surface area (Å²) in [6.07, 6.45) is 2.92. The second-order valence-corrected chi connectivity index (χ2v) is 6.88. The molecule has 24 heavy (non-hydrogen) atoms. The maximum atomic E-state index is 6.43. The van der Waals surface area contributed by atoms with E-state index in [0.29, 0.717) is 21.6 Å². The summed E-state index contributed by atoms with van der Waals surface area (Å²) in [5, 5.41) is 5.99. The Kier molecular flexibility index (Phi) is 4.01. The molecule has 1 aromatic heterocycles. The van der Waals surface area contributed by atoms with E-state index in [4.69, 9.17) is 39.5 Å². The number of epoxide rings is 1. The SMILES string of the molecule is Clc1ccc(C2OC2(Cn2cncn2)c2ccccc2Cl)c(Cl)c1. The van der Waals surface area contributed by atoms with E-state index >= 15 is 0 Å². The molecule has 0 spiro atoms. The van der Waals surface area contributed by atoms with E-state index in [1.165, 1.54) is 6.33 Å². The van der Waals surface area contributed by atoms with Crippen LogP contribution < -0.4 is 0 Å². The minimum absolute atomic E-state index is 0.230. The molecule has 2 unspecified atom stereocenters. The molecule has 4 rings (SSSR count). The van der Waals surface area contributed by atoms with Crippen molar-refractivity contribution in [3.8, 4) is 0 Å². The van der Waals surface area contributed by atoms with E-state index in [9.17, 15) is 0 Å². The summed E-state index contributed by atoms with van der Waals surface area (Å²) in [5.41, 5.74) is 1.14. The van der Waals surface area contributed by atoms with Gasteiger partial charge in [-0.3, -0.25) is 0 Å². The third-order valence-electron chi connectivity index (χ3n) is 4.13. The Bertz CT molecular complexity index is 885. The smallest absolute Gasteiger partial charge is 0.145 e. The van der Waals surface area contributed by atoms with Crippen molar-refractivity contribution in [3.63, 3.8) is 0 Å². The van der Waals surface area contributed by atoms with Gasteiger partial charge in [0.25, 0.3) is 0 Å². The van der Waals surface area contributed by atoms with Gasteiger partial charge in [0.05, 0.1) is 6.54 Å². The van der Waals surface area contributed by atoms with Gasteiger partial charge in [-0.05, 0) is 18.2 Å². The van der Waals surface area contributed by atoms with Crippen molar-refractivity contribution in [1.82, 2.24) is 14.8 Å². The minimum atomic E-state index is -0.635. The van der Waals surface area contributed by atoms with Crippen LogP contribution in [-0.2, 0) is 16.9 Å². The highest BCUT2D eigenvalue weighted by Gasteiger charge is 2.60. The van der Waals surface area contributed by atoms with Gasteiger partial charge < -0.3 is 4.74 Å². The molecule has 1 aliphatic heterocycles. The zero-order valence-corrected chi connectivity index (χ0v) is 14.6. The number of hydrogen-bond donors (Lipinski definition) is 0. The van der Waals surface area contributed by atoms with Crippen molar-refractivity contribution in [2.24, 2.45) is 0 Å². The van der Waals surface area contributed by atoms with E-state index in [1.807, 2.05) is 30.3 Å². The Morgan fingerprint density at radius 3 is 2.62 bits per heavy atom. The lowest BCUT2D eigenvalue weighted by atomic mass is 9.91. The van der Waals surface area contributed by atoms with Crippen LogP contribution in [0.15, 0.2) is 55.1 Å². The Hall–Kier alpha value is -1.59. The first-order valence-electron chi connectivity index (χ1n) is 7.30. The number of aromatic nitrogens is 3. The van der Waals surface area contributed by atoms with Crippen LogP contribution in [0.25, 0.3) is 0 Å². The van der Waals surface area contributed by atoms with E-state index in [-0.39, 0.29) is 6.10 Å². The van der Waals surface area contributed by atoms with Crippen molar-refractivity contribution in [2.45, 2.75) is 18.2 Å². The predicted octanol–water partition coefficient (Wildman–Crippen LogP) is 4.91. The molecule has 2 atom stereocenters. The Morgan fingerprint density at radius 2 is 1.92 bits per heavy atom. The van der Waals surface area contributed by atoms with Gasteiger partial charge in [0.15, 0.2) is 0 Å². The van der Waals surface area contributed by atoms with Crippen LogP contribution in [0.4, 0.5) is 0 Å². The first-order valence-corrected chi connectivity index (χ1v) is 8.44. The maximum Gasteiger partial charge on any atom is 0.145 e. The minimum Gasteiger partial charge on any atom is -0.354 e. The van der Waals surface area contributed by atoms with E-state index in [0.717, 1.165) is 11.1 Å². The summed E-state index contributed by atoms with van der Waals surface area (Å²) in [7, 11) is 0. The standard InChI is InChI=1S/C17H12Cl3N3O/c18-11-5-6-12(15(20)7-11)16-17(24-16,8-23-10-21-9-22-23)13-3-1-2-4-14(13)19/h1-7,9-10,16H,8H2. The van der Waals surface area contributed by atoms with Crippen LogP contribution in [0.5, 0.6) is 0 Å². The van der Waals surface area contributed by atoms with Gasteiger partial charge in [0.2, 0.25) is 0 Å². The van der Waals surface area contributed by atoms with Crippen molar-refractivity contribution >= 4 is 34.8 Å². The lowest BCUT2D eigenvalue weighted by Gasteiger charge is -2.15. The molecule has 1 aliphatic rings. The first kappa shape index (κ1) is 15.9. The molecular weight excluding hydrogens is 369 g/mol. The second kappa shape index (κ2) is 6.05. The summed E-state index contributed by atoms with van der Waals surface area (Å²) in [4.78, 5) is 4.00. The third-order valence-corrected chi connectivity index (χ3v) is 5.02. The molecule has 0 aliphatic carbocycles. The Balaban J connectivity index is 1.78. The predicted molar refractivity (Wildman–Crippen MR) is 93.4 cm³/mol. The fourth-order valence-electron chi connectivity index (χ4n) is 2.97. The fourth-order valence-corrected chi connectivity index (χ4v) is 3.78. The van der Waals surface area contributed by atoms with Crippen LogP contribution in [0.1, 0.15) is 17.2 Å². The van der Waals surface area contributed by atoms with Crippen LogP contribution in [0.2, 0.25) is 15.1 Å². The molecule has 1 fully saturated rings. The van der Waals surface area contributed by atoms with Crippen LogP contribution >= 0.6 is 34.8 Å². The topological polar surface area (TPSA) is 43.2 Å². The van der Waals surface area contributed by atoms with Crippen LogP contribution in [-0.4, -0.2) is 14.8 Å². The molecule has 4 nitrogen and oxygen atoms in total. The van der Waals surface area contributed by atoms with Gasteiger partial charge in [0.1, 0.15) is 24.4 Å². The number of halogens is 3. The van der Waals surface area contributed by atoms with Gasteiger partial charge in [-0.15, -0.1) is 0 Å². The average Bonchev–Trinajstić information content (AvgIpc) is 3.01. The van der Waals surface area contributed by atoms with Crippen LogP contribution in [0.3, 0.4) is 0 Å². The third kappa shape index (κ3) is 2.70. The summed E-state index contributed by atoms with van der Waals surface area (Å²) in [5.74, 6) is 0. The molecule has 0 N–H and O–H groups in total. The van der Waals surface area contributed by atoms with E-state index < -0.39 is 5.60 Å². The highest BCUT2D eigenvalue weighted by Crippen LogP contribution is 2.60. The molecule has 122 valence electrons. The van der Waals surface area contributed by atoms with E-state index in [2.05, 4.69) is 10.1 Å². The molecule has 0 saturated carbocycles. The monoisotopic (exact) mass is 379 g/mol. The lowest BCUT2D eigenvalue weighted by molar-refractivity contribution is 0.262. The number of nitrogens with zero attached hydrogens (tertiary/aromatic N) is 3. The maximum absolute atomic E-state index is 6.43. The molecule has 2 aromatic carbocycles. The molecule has 0 amide bonds. The molecule has 0 radical (unpaired) electrons. The Labute approximate surface area is 153 Å². The summed E-state index contributed by atoms with van der Waals surface area (Å²) in [6.45, 7) is 0.486. The molecule has 2 heterocycles. The Morgan fingerprint density at radius 1 is 1.08 bits per heavy atom. The molecule has 7 heteroatoms. The lowest BCUT2D eigenvalue weighted by Crippen LogP contribution is -2.20. The summed E-state index contributed by atoms with van der Waals surface area (Å²) < 4.78 is 7.88. The van der Waals surface area contributed by atoms with Gasteiger partial charge in [-0.1, -0.05) is 59.1 Å². The van der Waals surface area contributed by atoms with E-state index in [1.54, 1.807) is 23.1 Å². The van der Waals surface area contributed by atoms with Gasteiger partial charge in [0, 0.05) is 26.2 Å². The number of hydrogen-bond acceptors (Lipinski definition) is 3. The quantitative estimate of drug-likeness (QED) is 0.604. The second-order valence-electron chi connectivity index (χ2n) is 5.63. The highest BCUT2D eigenvalue weighted by atomic mass is 35.5. The van der Waals surface area contributed by atoms with Gasteiger partial charge in [-0.25, -0.2) is 9.67 Å².